The number of rotatable bonds is 24. The zero-order valence-corrected chi connectivity index (χ0v) is 33.7. The van der Waals surface area contributed by atoms with Gasteiger partial charge in [0.25, 0.3) is 17.7 Å². The van der Waals surface area contributed by atoms with Gasteiger partial charge >= 0.3 is 0 Å². The average molecular weight is 830 g/mol. The van der Waals surface area contributed by atoms with Crippen LogP contribution in [0.2, 0.25) is 5.15 Å². The van der Waals surface area contributed by atoms with Crippen LogP contribution >= 0.6 is 11.6 Å². The van der Waals surface area contributed by atoms with Gasteiger partial charge in [-0.3, -0.25) is 14.4 Å². The number of nitrogens with one attached hydrogen (secondary N) is 1. The molecule has 0 bridgehead atoms. The molecule has 1 aliphatic rings. The van der Waals surface area contributed by atoms with Crippen LogP contribution in [0.5, 0.6) is 11.5 Å². The zero-order chi connectivity index (χ0) is 41.9. The quantitative estimate of drug-likeness (QED) is 0.0614. The van der Waals surface area contributed by atoms with Gasteiger partial charge in [-0.1, -0.05) is 35.9 Å². The summed E-state index contributed by atoms with van der Waals surface area (Å²) in [7, 11) is 0. The van der Waals surface area contributed by atoms with Gasteiger partial charge in [0.1, 0.15) is 11.5 Å². The second kappa shape index (κ2) is 23.6. The number of halogens is 1. The van der Waals surface area contributed by atoms with Crippen LogP contribution in [0.3, 0.4) is 0 Å². The van der Waals surface area contributed by atoms with E-state index in [9.17, 15) is 34.8 Å². The summed E-state index contributed by atoms with van der Waals surface area (Å²) in [5.74, 6) is -0.117. The van der Waals surface area contributed by atoms with Crippen molar-refractivity contribution < 1.29 is 48.8 Å². The second-order valence-corrected chi connectivity index (χ2v) is 14.7. The number of anilines is 2. The number of nitrogens with zero attached hydrogens (tertiary/aromatic N) is 5. The molecule has 9 N–H and O–H groups in total. The van der Waals surface area contributed by atoms with Crippen molar-refractivity contribution in [2.24, 2.45) is 0 Å². The van der Waals surface area contributed by atoms with Crippen molar-refractivity contribution in [2.45, 2.75) is 44.6 Å². The number of benzene rings is 2. The van der Waals surface area contributed by atoms with Crippen molar-refractivity contribution in [3.63, 3.8) is 0 Å². The molecule has 3 aromatic rings. The van der Waals surface area contributed by atoms with Gasteiger partial charge in [0, 0.05) is 39.0 Å². The fourth-order valence-electron chi connectivity index (χ4n) is 7.24. The van der Waals surface area contributed by atoms with Gasteiger partial charge in [-0.05, 0) is 61.1 Å². The van der Waals surface area contributed by atoms with Crippen LogP contribution < -0.4 is 26.3 Å². The van der Waals surface area contributed by atoms with Gasteiger partial charge in [0.2, 0.25) is 0 Å². The number of aromatic nitrogens is 2. The number of nitrogens with two attached hydrogens (primary N) is 2. The van der Waals surface area contributed by atoms with E-state index < -0.39 is 5.91 Å². The number of hydrogen-bond acceptors (Lipinski definition) is 13. The van der Waals surface area contributed by atoms with Crippen LogP contribution in [0, 0.1) is 0 Å². The van der Waals surface area contributed by atoms with E-state index in [1.165, 1.54) is 9.80 Å². The summed E-state index contributed by atoms with van der Waals surface area (Å²) in [4.78, 5) is 49.0. The molecule has 58 heavy (non-hydrogen) atoms. The largest absolute Gasteiger partial charge is 0.484 e. The molecule has 4 rings (SSSR count). The summed E-state index contributed by atoms with van der Waals surface area (Å²) in [6.07, 6.45) is 5.11. The standard InChI is InChI=1S/C40H57ClN8O9/c41-37-39(43)46-38(42)36(45-37)40(56)44-31-6-3-21-49(26-31,19-1-4-29-7-11-32(12-8-29)57-27-34(54)47(15-22-50)16-23-51)20-2-5-30-9-13-33(14-10-30)58-28-35(55)48(17-24-52)18-25-53/h7-14,31,50-53H,1-6,15-28H2,(H4-,42,43,44,46,56)/p+1. The van der Waals surface area contributed by atoms with Gasteiger partial charge in [-0.2, -0.15) is 0 Å². The van der Waals surface area contributed by atoms with E-state index in [1.807, 2.05) is 48.5 Å². The molecule has 1 saturated heterocycles. The summed E-state index contributed by atoms with van der Waals surface area (Å²) < 4.78 is 12.2. The molecule has 2 aromatic carbocycles. The van der Waals surface area contributed by atoms with E-state index in [-0.39, 0.29) is 106 Å². The first-order chi connectivity index (χ1) is 28.0. The zero-order valence-electron chi connectivity index (χ0n) is 32.9. The van der Waals surface area contributed by atoms with E-state index in [2.05, 4.69) is 15.3 Å². The molecule has 0 radical (unpaired) electrons. The minimum absolute atomic E-state index is 0.0433. The Labute approximate surface area is 344 Å². The number of nitrogen functional groups attached to an aromatic ring is 2. The highest BCUT2D eigenvalue weighted by Gasteiger charge is 2.36. The second-order valence-electron chi connectivity index (χ2n) is 14.4. The van der Waals surface area contributed by atoms with Gasteiger partial charge < -0.3 is 61.0 Å². The summed E-state index contributed by atoms with van der Waals surface area (Å²) in [5.41, 5.74) is 13.9. The maximum absolute atomic E-state index is 13.3. The Morgan fingerprint density at radius 2 is 1.21 bits per heavy atom. The van der Waals surface area contributed by atoms with Crippen molar-refractivity contribution in [1.29, 1.82) is 0 Å². The summed E-state index contributed by atoms with van der Waals surface area (Å²) in [6.45, 7) is 2.75. The molecule has 1 aliphatic heterocycles. The van der Waals surface area contributed by atoms with E-state index in [0.717, 1.165) is 80.3 Å². The van der Waals surface area contributed by atoms with Crippen LogP contribution in [-0.4, -0.2) is 160 Å². The molecule has 1 atom stereocenters. The fourth-order valence-corrected chi connectivity index (χ4v) is 7.37. The smallest absolute Gasteiger partial charge is 0.274 e. The molecular formula is C40H58ClN8O9+. The first-order valence-electron chi connectivity index (χ1n) is 19.7. The maximum atomic E-state index is 13.3. The third-order valence-corrected chi connectivity index (χ3v) is 10.5. The molecule has 17 nitrogen and oxygen atoms in total. The Kier molecular flexibility index (Phi) is 18.7. The summed E-state index contributed by atoms with van der Waals surface area (Å²) in [6, 6.07) is 15.1. The molecular weight excluding hydrogens is 772 g/mol. The highest BCUT2D eigenvalue weighted by atomic mass is 35.5. The van der Waals surface area contributed by atoms with Gasteiger partial charge in [0.05, 0.1) is 58.6 Å². The number of aliphatic hydroxyl groups is 4. The average Bonchev–Trinajstić information content (AvgIpc) is 3.21. The number of likely N-dealkylation sites (tertiary alicyclic amines) is 1. The Morgan fingerprint density at radius 1 is 0.741 bits per heavy atom. The third kappa shape index (κ3) is 14.2. The molecule has 1 fully saturated rings. The number of piperidine rings is 1. The molecule has 0 saturated carbocycles. The number of aliphatic hydroxyl groups excluding tert-OH is 4. The van der Waals surface area contributed by atoms with Crippen LogP contribution in [-0.2, 0) is 22.4 Å². The normalized spacial score (nSPS) is 14.7. The molecule has 1 unspecified atom stereocenters. The molecule has 318 valence electrons. The first-order valence-corrected chi connectivity index (χ1v) is 20.0. The molecule has 18 heteroatoms. The number of amides is 3. The van der Waals surface area contributed by atoms with Crippen molar-refractivity contribution in [2.75, 3.05) is 103 Å². The van der Waals surface area contributed by atoms with Gasteiger partial charge in [-0.25, -0.2) is 9.97 Å². The molecule has 0 spiro atoms. The highest BCUT2D eigenvalue weighted by molar-refractivity contribution is 6.31. The van der Waals surface area contributed by atoms with E-state index >= 15 is 0 Å². The minimum atomic E-state index is -0.450. The predicted molar refractivity (Wildman–Crippen MR) is 218 cm³/mol. The van der Waals surface area contributed by atoms with Gasteiger partial charge in [0.15, 0.2) is 35.7 Å². The number of aryl methyl sites for hydroxylation is 2. The number of quaternary nitrogens is 1. The number of carbonyl (C=O) groups excluding carboxylic acids is 3. The molecule has 0 aliphatic carbocycles. The maximum Gasteiger partial charge on any atom is 0.274 e. The van der Waals surface area contributed by atoms with Crippen LogP contribution in [0.1, 0.15) is 47.3 Å². The topological polar surface area (TPSA) is 247 Å². The Balaban J connectivity index is 1.37. The van der Waals surface area contributed by atoms with Gasteiger partial charge in [-0.15, -0.1) is 0 Å². The van der Waals surface area contributed by atoms with E-state index in [1.54, 1.807) is 0 Å². The summed E-state index contributed by atoms with van der Waals surface area (Å²) in [5, 5.41) is 39.8. The fraction of sp³-hybridized carbons (Fsp3) is 0.525. The Hall–Kier alpha value is -4.78. The van der Waals surface area contributed by atoms with Crippen molar-refractivity contribution in [3.05, 3.63) is 70.5 Å². The SMILES string of the molecule is Nc1nc(N)c(C(=O)NC2CCC[N+](CCCc3ccc(OCC(=O)N(CCO)CCO)cc3)(CCCc3ccc(OCC(=O)N(CCO)CCO)cc3)C2)nc1Cl. The van der Waals surface area contributed by atoms with E-state index in [0.29, 0.717) is 11.5 Å². The van der Waals surface area contributed by atoms with Crippen molar-refractivity contribution in [3.8, 4) is 11.5 Å². The first kappa shape index (κ1) is 45.9. The van der Waals surface area contributed by atoms with E-state index in [4.69, 9.17) is 32.5 Å². The minimum Gasteiger partial charge on any atom is -0.484 e. The molecule has 1 aromatic heterocycles. The lowest BCUT2D eigenvalue weighted by Crippen LogP contribution is -2.60. The van der Waals surface area contributed by atoms with Crippen LogP contribution in [0.25, 0.3) is 0 Å². The molecule has 3 amide bonds. The van der Waals surface area contributed by atoms with Crippen LogP contribution in [0.4, 0.5) is 11.6 Å². The molecule has 2 heterocycles. The van der Waals surface area contributed by atoms with Crippen molar-refractivity contribution >= 4 is 41.0 Å². The monoisotopic (exact) mass is 829 g/mol. The van der Waals surface area contributed by atoms with Crippen LogP contribution in [0.15, 0.2) is 48.5 Å². The lowest BCUT2D eigenvalue weighted by atomic mass is 9.99. The number of ether oxygens (including phenoxy) is 2. The highest BCUT2D eigenvalue weighted by Crippen LogP contribution is 2.25. The van der Waals surface area contributed by atoms with Crippen molar-refractivity contribution in [1.82, 2.24) is 25.1 Å². The lowest BCUT2D eigenvalue weighted by Gasteiger charge is -2.45. The third-order valence-electron chi connectivity index (χ3n) is 10.2. The lowest BCUT2D eigenvalue weighted by molar-refractivity contribution is -0.933. The Bertz CT molecular complexity index is 1660. The Morgan fingerprint density at radius 3 is 1.66 bits per heavy atom. The number of hydrogen-bond donors (Lipinski definition) is 7. The predicted octanol–water partition coefficient (Wildman–Crippen LogP) is 0.653. The summed E-state index contributed by atoms with van der Waals surface area (Å²) >= 11 is 6.06. The number of carbonyl (C=O) groups is 3.